The van der Waals surface area contributed by atoms with Gasteiger partial charge in [-0.15, -0.1) is 0 Å². The maximum atomic E-state index is 13.4. The second-order valence-electron chi connectivity index (χ2n) is 7.91. The SMILES string of the molecule is CCc1ccc(C(=O)C2CC=CC3CCN(Cc4ccccc4)C(=O)C32)cc1. The molecule has 2 aromatic rings. The molecule has 3 unspecified atom stereocenters. The summed E-state index contributed by atoms with van der Waals surface area (Å²) in [6.45, 7) is 3.49. The third-order valence-electron chi connectivity index (χ3n) is 6.20. The number of benzene rings is 2. The number of fused-ring (bicyclic) bond motifs is 1. The molecule has 1 fully saturated rings. The van der Waals surface area contributed by atoms with E-state index in [9.17, 15) is 9.59 Å². The number of carbonyl (C=O) groups excluding carboxylic acids is 2. The Morgan fingerprint density at radius 3 is 2.50 bits per heavy atom. The number of Topliss-reactive ketones (excluding diaryl/α,β-unsaturated/α-hetero) is 1. The number of nitrogens with zero attached hydrogens (tertiary/aromatic N) is 1. The molecule has 1 amide bonds. The molecule has 3 atom stereocenters. The van der Waals surface area contributed by atoms with E-state index in [0.717, 1.165) is 30.5 Å². The van der Waals surface area contributed by atoms with Gasteiger partial charge in [0.2, 0.25) is 5.91 Å². The van der Waals surface area contributed by atoms with Crippen molar-refractivity contribution in [3.63, 3.8) is 0 Å². The van der Waals surface area contributed by atoms with Crippen LogP contribution in [0.2, 0.25) is 0 Å². The van der Waals surface area contributed by atoms with Crippen LogP contribution in [0.25, 0.3) is 0 Å². The van der Waals surface area contributed by atoms with E-state index in [4.69, 9.17) is 0 Å². The normalized spacial score (nSPS) is 24.1. The summed E-state index contributed by atoms with van der Waals surface area (Å²) in [5.41, 5.74) is 3.09. The number of rotatable bonds is 5. The van der Waals surface area contributed by atoms with E-state index in [1.165, 1.54) is 5.56 Å². The van der Waals surface area contributed by atoms with Crippen molar-refractivity contribution in [1.29, 1.82) is 0 Å². The lowest BCUT2D eigenvalue weighted by Crippen LogP contribution is -2.49. The average molecular weight is 373 g/mol. The summed E-state index contributed by atoms with van der Waals surface area (Å²) in [6, 6.07) is 18.0. The van der Waals surface area contributed by atoms with Crippen molar-refractivity contribution < 1.29 is 9.59 Å². The summed E-state index contributed by atoms with van der Waals surface area (Å²) >= 11 is 0. The Morgan fingerprint density at radius 1 is 1.04 bits per heavy atom. The lowest BCUT2D eigenvalue weighted by molar-refractivity contribution is -0.143. The van der Waals surface area contributed by atoms with E-state index in [-0.39, 0.29) is 29.4 Å². The van der Waals surface area contributed by atoms with Gasteiger partial charge in [0.15, 0.2) is 5.78 Å². The van der Waals surface area contributed by atoms with Gasteiger partial charge in [0, 0.05) is 24.6 Å². The molecule has 0 aromatic heterocycles. The van der Waals surface area contributed by atoms with Crippen molar-refractivity contribution in [3.8, 4) is 0 Å². The van der Waals surface area contributed by atoms with Crippen molar-refractivity contribution in [2.45, 2.75) is 32.7 Å². The molecule has 4 rings (SSSR count). The highest BCUT2D eigenvalue weighted by atomic mass is 16.2. The number of piperidine rings is 1. The Labute approximate surface area is 167 Å². The monoisotopic (exact) mass is 373 g/mol. The molecule has 1 aliphatic carbocycles. The van der Waals surface area contributed by atoms with Crippen LogP contribution in [-0.2, 0) is 17.8 Å². The fourth-order valence-corrected chi connectivity index (χ4v) is 4.57. The molecule has 1 heterocycles. The highest BCUT2D eigenvalue weighted by Gasteiger charge is 2.44. The van der Waals surface area contributed by atoms with Crippen LogP contribution >= 0.6 is 0 Å². The van der Waals surface area contributed by atoms with Gasteiger partial charge < -0.3 is 4.90 Å². The molecule has 0 radical (unpaired) electrons. The van der Waals surface area contributed by atoms with Gasteiger partial charge in [0.1, 0.15) is 0 Å². The van der Waals surface area contributed by atoms with Crippen molar-refractivity contribution in [1.82, 2.24) is 4.90 Å². The van der Waals surface area contributed by atoms with Crippen molar-refractivity contribution in [3.05, 3.63) is 83.4 Å². The number of hydrogen-bond acceptors (Lipinski definition) is 2. The molecule has 1 saturated heterocycles. The van der Waals surface area contributed by atoms with Gasteiger partial charge >= 0.3 is 0 Å². The van der Waals surface area contributed by atoms with Crippen LogP contribution in [0.4, 0.5) is 0 Å². The quantitative estimate of drug-likeness (QED) is 0.564. The number of ketones is 1. The fourth-order valence-electron chi connectivity index (χ4n) is 4.57. The Bertz CT molecular complexity index is 869. The van der Waals surface area contributed by atoms with Crippen LogP contribution in [-0.4, -0.2) is 23.1 Å². The maximum Gasteiger partial charge on any atom is 0.227 e. The minimum Gasteiger partial charge on any atom is -0.338 e. The minimum absolute atomic E-state index is 0.108. The molecule has 3 heteroatoms. The second-order valence-corrected chi connectivity index (χ2v) is 7.91. The maximum absolute atomic E-state index is 13.4. The molecule has 2 aliphatic rings. The third kappa shape index (κ3) is 3.66. The number of carbonyl (C=O) groups is 2. The molecule has 28 heavy (non-hydrogen) atoms. The zero-order valence-corrected chi connectivity index (χ0v) is 16.4. The summed E-state index contributed by atoms with van der Waals surface area (Å²) < 4.78 is 0. The predicted molar refractivity (Wildman–Crippen MR) is 111 cm³/mol. The number of likely N-dealkylation sites (tertiary alicyclic amines) is 1. The van der Waals surface area contributed by atoms with Crippen molar-refractivity contribution in [2.75, 3.05) is 6.54 Å². The molecule has 3 nitrogen and oxygen atoms in total. The van der Waals surface area contributed by atoms with Gasteiger partial charge in [0.05, 0.1) is 5.92 Å². The third-order valence-corrected chi connectivity index (χ3v) is 6.20. The fraction of sp³-hybridized carbons (Fsp3) is 0.360. The number of hydrogen-bond donors (Lipinski definition) is 0. The second kappa shape index (κ2) is 8.14. The van der Waals surface area contributed by atoms with Crippen LogP contribution in [0.5, 0.6) is 0 Å². The first-order chi connectivity index (χ1) is 13.7. The Balaban J connectivity index is 1.55. The van der Waals surface area contributed by atoms with E-state index >= 15 is 0 Å². The van der Waals surface area contributed by atoms with Crippen LogP contribution in [0.3, 0.4) is 0 Å². The highest BCUT2D eigenvalue weighted by molar-refractivity contribution is 6.01. The summed E-state index contributed by atoms with van der Waals surface area (Å²) in [6.07, 6.45) is 6.80. The lowest BCUT2D eigenvalue weighted by Gasteiger charge is -2.41. The Morgan fingerprint density at radius 2 is 1.79 bits per heavy atom. The van der Waals surface area contributed by atoms with E-state index in [1.54, 1.807) is 0 Å². The first kappa shape index (κ1) is 18.7. The van der Waals surface area contributed by atoms with Gasteiger partial charge in [-0.3, -0.25) is 9.59 Å². The van der Waals surface area contributed by atoms with Crippen LogP contribution in [0.15, 0.2) is 66.7 Å². The van der Waals surface area contributed by atoms with Crippen molar-refractivity contribution >= 4 is 11.7 Å². The molecule has 144 valence electrons. The number of aryl methyl sites for hydroxylation is 1. The average Bonchev–Trinajstić information content (AvgIpc) is 2.75. The largest absolute Gasteiger partial charge is 0.338 e. The van der Waals surface area contributed by atoms with Crippen LogP contribution < -0.4 is 0 Å². The number of amides is 1. The Hall–Kier alpha value is -2.68. The predicted octanol–water partition coefficient (Wildman–Crippen LogP) is 4.67. The van der Waals surface area contributed by atoms with Gasteiger partial charge in [-0.2, -0.15) is 0 Å². The molecule has 0 N–H and O–H groups in total. The van der Waals surface area contributed by atoms with E-state index < -0.39 is 0 Å². The summed E-state index contributed by atoms with van der Waals surface area (Å²) in [4.78, 5) is 28.6. The molecule has 0 bridgehead atoms. The molecule has 0 saturated carbocycles. The van der Waals surface area contributed by atoms with Gasteiger partial charge in [0.25, 0.3) is 0 Å². The van der Waals surface area contributed by atoms with Gasteiger partial charge in [-0.1, -0.05) is 73.7 Å². The molecule has 1 aliphatic heterocycles. The highest BCUT2D eigenvalue weighted by Crippen LogP contribution is 2.39. The molecular formula is C25H27NO2. The Kier molecular flexibility index (Phi) is 5.43. The standard InChI is InChI=1S/C25H27NO2/c1-2-18-11-13-21(14-12-18)24(27)22-10-6-9-20-15-16-26(25(28)23(20)22)17-19-7-4-3-5-8-19/h3-9,11-14,20,22-23H,2,10,15-17H2,1H3. The topological polar surface area (TPSA) is 37.4 Å². The molecule has 2 aromatic carbocycles. The molecule has 0 spiro atoms. The first-order valence-corrected chi connectivity index (χ1v) is 10.3. The van der Waals surface area contributed by atoms with Crippen molar-refractivity contribution in [2.24, 2.45) is 17.8 Å². The van der Waals surface area contributed by atoms with E-state index in [2.05, 4.69) is 31.2 Å². The van der Waals surface area contributed by atoms with Crippen LogP contribution in [0.1, 0.15) is 41.3 Å². The van der Waals surface area contributed by atoms with E-state index in [0.29, 0.717) is 13.0 Å². The molecular weight excluding hydrogens is 346 g/mol. The van der Waals surface area contributed by atoms with Gasteiger partial charge in [-0.25, -0.2) is 0 Å². The van der Waals surface area contributed by atoms with Gasteiger partial charge in [-0.05, 0) is 36.3 Å². The van der Waals surface area contributed by atoms with E-state index in [1.807, 2.05) is 47.4 Å². The summed E-state index contributed by atoms with van der Waals surface area (Å²) in [7, 11) is 0. The summed E-state index contributed by atoms with van der Waals surface area (Å²) in [5, 5.41) is 0. The van der Waals surface area contributed by atoms with Crippen LogP contribution in [0, 0.1) is 17.8 Å². The zero-order valence-electron chi connectivity index (χ0n) is 16.4. The first-order valence-electron chi connectivity index (χ1n) is 10.3. The zero-order chi connectivity index (χ0) is 19.5. The summed E-state index contributed by atoms with van der Waals surface area (Å²) in [5.74, 6) is -0.0728. The lowest BCUT2D eigenvalue weighted by atomic mass is 9.69. The number of allylic oxidation sites excluding steroid dienone is 2. The smallest absolute Gasteiger partial charge is 0.227 e. The minimum atomic E-state index is -0.256.